The van der Waals surface area contributed by atoms with Crippen molar-refractivity contribution in [2.24, 2.45) is 5.73 Å². The van der Waals surface area contributed by atoms with Crippen LogP contribution in [0, 0.1) is 5.41 Å². The summed E-state index contributed by atoms with van der Waals surface area (Å²) >= 11 is 2.22. The first-order valence-corrected chi connectivity index (χ1v) is 9.49. The number of hydrogen-bond acceptors (Lipinski definition) is 4. The maximum Gasteiger partial charge on any atom is 0.227 e. The summed E-state index contributed by atoms with van der Waals surface area (Å²) in [5, 5.41) is 12.8. The van der Waals surface area contributed by atoms with Gasteiger partial charge in [0.1, 0.15) is 0 Å². The number of hydrogen-bond donors (Lipinski definition) is 3. The van der Waals surface area contributed by atoms with E-state index >= 15 is 0 Å². The van der Waals surface area contributed by atoms with Crippen molar-refractivity contribution in [2.45, 2.75) is 6.42 Å². The summed E-state index contributed by atoms with van der Waals surface area (Å²) in [6.45, 7) is 2.79. The van der Waals surface area contributed by atoms with Crippen LogP contribution in [-0.2, 0) is 11.2 Å². The summed E-state index contributed by atoms with van der Waals surface area (Å²) < 4.78 is 0.664. The normalized spacial score (nSPS) is 10.8. The van der Waals surface area contributed by atoms with Gasteiger partial charge in [0.25, 0.3) is 0 Å². The van der Waals surface area contributed by atoms with Crippen LogP contribution in [0.5, 0.6) is 0 Å². The molecule has 0 aliphatic carbocycles. The highest BCUT2D eigenvalue weighted by atomic mass is 127. The van der Waals surface area contributed by atoms with E-state index in [-0.39, 0.29) is 5.91 Å². The lowest BCUT2D eigenvalue weighted by atomic mass is 9.98. The summed E-state index contributed by atoms with van der Waals surface area (Å²) in [6.07, 6.45) is 1.73. The molecule has 5 nitrogen and oxygen atoms in total. The highest BCUT2D eigenvalue weighted by Crippen LogP contribution is 2.22. The Hall–Kier alpha value is -1.51. The largest absolute Gasteiger partial charge is 0.332 e. The van der Waals surface area contributed by atoms with Gasteiger partial charge in [0.05, 0.1) is 11.0 Å². The SMILES string of the molecule is N=Cc1ccc(CC(=O)N(CI)CCNCCN)c2ccccc12. The first-order chi connectivity index (χ1) is 11.7. The van der Waals surface area contributed by atoms with Crippen LogP contribution in [0.25, 0.3) is 10.8 Å². The number of nitrogens with one attached hydrogen (secondary N) is 2. The van der Waals surface area contributed by atoms with Crippen LogP contribution >= 0.6 is 22.6 Å². The molecule has 0 bridgehead atoms. The molecule has 4 N–H and O–H groups in total. The van der Waals surface area contributed by atoms with Crippen LogP contribution < -0.4 is 11.1 Å². The molecule has 0 unspecified atom stereocenters. The lowest BCUT2D eigenvalue weighted by Crippen LogP contribution is -2.38. The Balaban J connectivity index is 2.13. The molecule has 6 heteroatoms. The van der Waals surface area contributed by atoms with E-state index in [1.54, 1.807) is 0 Å². The summed E-state index contributed by atoms with van der Waals surface area (Å²) in [5.41, 5.74) is 7.34. The van der Waals surface area contributed by atoms with E-state index in [1.807, 2.05) is 41.3 Å². The van der Waals surface area contributed by atoms with E-state index in [2.05, 4.69) is 27.9 Å². The van der Waals surface area contributed by atoms with Crippen LogP contribution in [-0.4, -0.2) is 47.8 Å². The number of benzene rings is 2. The van der Waals surface area contributed by atoms with Crippen molar-refractivity contribution in [1.82, 2.24) is 10.2 Å². The van der Waals surface area contributed by atoms with Crippen molar-refractivity contribution < 1.29 is 4.79 Å². The molecule has 0 saturated heterocycles. The molecule has 0 aliphatic rings. The minimum absolute atomic E-state index is 0.117. The number of rotatable bonds is 9. The number of carbonyl (C=O) groups excluding carboxylic acids is 1. The van der Waals surface area contributed by atoms with Crippen molar-refractivity contribution in [2.75, 3.05) is 30.7 Å². The number of halogens is 1. The molecule has 1 amide bonds. The quantitative estimate of drug-likeness (QED) is 0.185. The van der Waals surface area contributed by atoms with Crippen molar-refractivity contribution in [3.05, 3.63) is 47.5 Å². The number of fused-ring (bicyclic) bond motifs is 1. The van der Waals surface area contributed by atoms with E-state index in [9.17, 15) is 4.79 Å². The summed E-state index contributed by atoms with van der Waals surface area (Å²) in [5.74, 6) is 0.117. The average Bonchev–Trinajstić information content (AvgIpc) is 2.62. The van der Waals surface area contributed by atoms with Gasteiger partial charge in [-0.15, -0.1) is 0 Å². The zero-order valence-electron chi connectivity index (χ0n) is 13.6. The second-order valence-corrected chi connectivity index (χ2v) is 6.18. The third-order valence-corrected chi connectivity index (χ3v) is 4.75. The van der Waals surface area contributed by atoms with E-state index in [0.29, 0.717) is 24.1 Å². The van der Waals surface area contributed by atoms with Gasteiger partial charge in [0.15, 0.2) is 0 Å². The molecular formula is C18H23IN4O. The maximum absolute atomic E-state index is 12.6. The molecule has 24 heavy (non-hydrogen) atoms. The van der Waals surface area contributed by atoms with Gasteiger partial charge in [-0.2, -0.15) is 0 Å². The Morgan fingerprint density at radius 1 is 1.21 bits per heavy atom. The second-order valence-electron chi connectivity index (χ2n) is 5.50. The summed E-state index contributed by atoms with van der Waals surface area (Å²) in [4.78, 5) is 14.5. The Morgan fingerprint density at radius 3 is 2.62 bits per heavy atom. The van der Waals surface area contributed by atoms with Crippen LogP contribution in [0.15, 0.2) is 36.4 Å². The third-order valence-electron chi connectivity index (χ3n) is 3.92. The molecule has 2 rings (SSSR count). The highest BCUT2D eigenvalue weighted by molar-refractivity contribution is 14.1. The summed E-state index contributed by atoms with van der Waals surface area (Å²) in [7, 11) is 0. The van der Waals surface area contributed by atoms with Crippen LogP contribution in [0.4, 0.5) is 0 Å². The van der Waals surface area contributed by atoms with Crippen LogP contribution in [0.3, 0.4) is 0 Å². The average molecular weight is 438 g/mol. The fourth-order valence-corrected chi connectivity index (χ4v) is 3.35. The standard InChI is InChI=1S/C18H23IN4O/c19-13-23(10-9-22-8-7-20)18(24)11-14-5-6-15(12-21)17-4-2-1-3-16(14)17/h1-6,12,21-22H,7-11,13,20H2. The van der Waals surface area contributed by atoms with Gasteiger partial charge in [0, 0.05) is 32.4 Å². The van der Waals surface area contributed by atoms with Gasteiger partial charge >= 0.3 is 0 Å². The van der Waals surface area contributed by atoms with Gasteiger partial charge in [-0.3, -0.25) is 4.79 Å². The lowest BCUT2D eigenvalue weighted by molar-refractivity contribution is -0.129. The molecule has 0 aliphatic heterocycles. The Bertz CT molecular complexity index is 704. The van der Waals surface area contributed by atoms with E-state index in [0.717, 1.165) is 35.0 Å². The molecule has 0 saturated carbocycles. The van der Waals surface area contributed by atoms with Crippen molar-refractivity contribution in [3.63, 3.8) is 0 Å². The minimum Gasteiger partial charge on any atom is -0.332 e. The molecule has 0 heterocycles. The molecule has 0 atom stereocenters. The molecule has 0 aromatic heterocycles. The van der Waals surface area contributed by atoms with Crippen molar-refractivity contribution in [1.29, 1.82) is 5.41 Å². The molecule has 2 aromatic rings. The fourth-order valence-electron chi connectivity index (χ4n) is 2.63. The van der Waals surface area contributed by atoms with Crippen LogP contribution in [0.1, 0.15) is 11.1 Å². The first kappa shape index (κ1) is 18.8. The lowest BCUT2D eigenvalue weighted by Gasteiger charge is -2.21. The maximum atomic E-state index is 12.6. The molecule has 2 aromatic carbocycles. The zero-order chi connectivity index (χ0) is 17.4. The number of amides is 1. The molecule has 128 valence electrons. The van der Waals surface area contributed by atoms with Crippen molar-refractivity contribution >= 4 is 45.5 Å². The Morgan fingerprint density at radius 2 is 1.96 bits per heavy atom. The van der Waals surface area contributed by atoms with E-state index in [1.165, 1.54) is 6.21 Å². The van der Waals surface area contributed by atoms with Crippen molar-refractivity contribution in [3.8, 4) is 0 Å². The predicted molar refractivity (Wildman–Crippen MR) is 108 cm³/mol. The van der Waals surface area contributed by atoms with Gasteiger partial charge in [-0.05, 0) is 21.9 Å². The molecule has 0 radical (unpaired) electrons. The molecule has 0 fully saturated rings. The van der Waals surface area contributed by atoms with Gasteiger partial charge in [-0.25, -0.2) is 0 Å². The van der Waals surface area contributed by atoms with Gasteiger partial charge in [0.2, 0.25) is 5.91 Å². The van der Waals surface area contributed by atoms with Gasteiger partial charge in [-0.1, -0.05) is 59.0 Å². The molecule has 0 spiro atoms. The van der Waals surface area contributed by atoms with E-state index in [4.69, 9.17) is 11.1 Å². The number of nitrogens with zero attached hydrogens (tertiary/aromatic N) is 1. The predicted octanol–water partition coefficient (Wildman–Crippen LogP) is 2.15. The van der Waals surface area contributed by atoms with Crippen LogP contribution in [0.2, 0.25) is 0 Å². The topological polar surface area (TPSA) is 82.2 Å². The summed E-state index contributed by atoms with van der Waals surface area (Å²) in [6, 6.07) is 11.8. The fraction of sp³-hybridized carbons (Fsp3) is 0.333. The molecular weight excluding hydrogens is 415 g/mol. The highest BCUT2D eigenvalue weighted by Gasteiger charge is 2.14. The smallest absolute Gasteiger partial charge is 0.227 e. The van der Waals surface area contributed by atoms with Gasteiger partial charge < -0.3 is 21.4 Å². The first-order valence-electron chi connectivity index (χ1n) is 7.97. The number of nitrogens with two attached hydrogens (primary N) is 1. The Kier molecular flexibility index (Phi) is 7.61. The monoisotopic (exact) mass is 438 g/mol. The number of carbonyl (C=O) groups is 1. The van der Waals surface area contributed by atoms with E-state index < -0.39 is 0 Å². The Labute approximate surface area is 156 Å². The zero-order valence-corrected chi connectivity index (χ0v) is 15.8. The number of alkyl halides is 1. The minimum atomic E-state index is 0.117. The third kappa shape index (κ3) is 4.75. The second kappa shape index (κ2) is 9.71.